The summed E-state index contributed by atoms with van der Waals surface area (Å²) in [6.45, 7) is 2.00. The summed E-state index contributed by atoms with van der Waals surface area (Å²) in [7, 11) is 0. The number of thioether (sulfide) groups is 1. The van der Waals surface area contributed by atoms with E-state index in [-0.39, 0.29) is 25.1 Å². The van der Waals surface area contributed by atoms with E-state index in [1.54, 1.807) is 24.8 Å². The molecule has 0 aromatic carbocycles. The lowest BCUT2D eigenvalue weighted by molar-refractivity contribution is -0.120. The van der Waals surface area contributed by atoms with Gasteiger partial charge in [-0.25, -0.2) is 9.97 Å². The summed E-state index contributed by atoms with van der Waals surface area (Å²) in [4.78, 5) is 39.2. The Balaban J connectivity index is 0.000000197. The minimum atomic E-state index is -0.0337. The van der Waals surface area contributed by atoms with E-state index >= 15 is 0 Å². The molecule has 4 aromatic rings. The van der Waals surface area contributed by atoms with Crippen LogP contribution in [0.2, 0.25) is 0 Å². The zero-order valence-corrected chi connectivity index (χ0v) is 30.7. The van der Waals surface area contributed by atoms with Crippen LogP contribution in [-0.2, 0) is 14.3 Å². The van der Waals surface area contributed by atoms with Crippen molar-refractivity contribution in [2.75, 3.05) is 24.8 Å². The average molecular weight is 765 g/mol. The van der Waals surface area contributed by atoms with Gasteiger partial charge >= 0.3 is 0 Å². The molecule has 4 aromatic heterocycles. The quantitative estimate of drug-likeness (QED) is 0.0925. The number of pyridine rings is 2. The van der Waals surface area contributed by atoms with Gasteiger partial charge in [0.1, 0.15) is 5.88 Å². The number of ether oxygens (including phenoxy) is 1. The van der Waals surface area contributed by atoms with Gasteiger partial charge in [0.2, 0.25) is 11.8 Å². The molecule has 11 nitrogen and oxygen atoms in total. The smallest absolute Gasteiger partial charge is 0.235 e. The molecule has 3 N–H and O–H groups in total. The van der Waals surface area contributed by atoms with Gasteiger partial charge in [-0.2, -0.15) is 4.37 Å². The van der Waals surface area contributed by atoms with Gasteiger partial charge in [-0.05, 0) is 98.1 Å². The van der Waals surface area contributed by atoms with Crippen molar-refractivity contribution in [3.8, 4) is 22.8 Å². The number of hydrogen-bond acceptors (Lipinski definition) is 12. The van der Waals surface area contributed by atoms with E-state index in [4.69, 9.17) is 28.6 Å². The molecule has 0 radical (unpaired) electrons. The number of alkyl halides is 1. The van der Waals surface area contributed by atoms with Crippen molar-refractivity contribution in [3.05, 3.63) is 53.0 Å². The molecule has 1 saturated heterocycles. The van der Waals surface area contributed by atoms with Crippen molar-refractivity contribution in [1.29, 1.82) is 0 Å². The molecule has 2 saturated carbocycles. The fourth-order valence-corrected chi connectivity index (χ4v) is 7.25. The van der Waals surface area contributed by atoms with Crippen LogP contribution in [0.1, 0.15) is 71.6 Å². The highest BCUT2D eigenvalue weighted by molar-refractivity contribution is 8.01. The Morgan fingerprint density at radius 1 is 0.898 bits per heavy atom. The van der Waals surface area contributed by atoms with E-state index in [0.717, 1.165) is 60.2 Å². The highest BCUT2D eigenvalue weighted by atomic mass is 35.5. The number of nitrogens with zero attached hydrogens (tertiary/aromatic N) is 5. The number of aromatic nitrogens is 6. The monoisotopic (exact) mass is 764 g/mol. The number of carbonyl (C=O) groups is 2. The molecule has 2 aliphatic carbocycles. The minimum Gasteiger partial charge on any atom is -0.381 e. The van der Waals surface area contributed by atoms with Crippen molar-refractivity contribution >= 4 is 70.5 Å². The van der Waals surface area contributed by atoms with Gasteiger partial charge in [-0.15, -0.1) is 11.6 Å². The van der Waals surface area contributed by atoms with E-state index < -0.39 is 0 Å². The predicted octanol–water partition coefficient (Wildman–Crippen LogP) is 7.73. The third-order valence-corrected chi connectivity index (χ3v) is 10.4. The second kappa shape index (κ2) is 23.6. The van der Waals surface area contributed by atoms with Crippen molar-refractivity contribution in [1.82, 2.24) is 39.3 Å². The van der Waals surface area contributed by atoms with Gasteiger partial charge in [-0.3, -0.25) is 23.9 Å². The molecule has 0 atom stereocenters. The van der Waals surface area contributed by atoms with E-state index in [0.29, 0.717) is 27.6 Å². The standard InChI is InChI=1S/C14H16N4OS2.C7H12ClNO.C7H5N3S2.C4H8O.CH4/c19-12(16-11-5-1-2-6-11)9-20-14-17-13(18-21-14)10-4-3-7-15-8-10;8-5-7(10)9-6-3-1-2-4-6;11-7-9-6(10-12-7)5-2-1-3-8-4-5;1-2-4-5-3-1;/h3-4,7-8,11H,1-2,5-6,9H2,(H,16,19);6H,1-5H2,(H,9,10);1-4H,(H,9,10,11);1-4H2;1H4. The van der Waals surface area contributed by atoms with Crippen molar-refractivity contribution in [3.63, 3.8) is 0 Å². The number of H-pyrrole nitrogens is 1. The van der Waals surface area contributed by atoms with Crippen LogP contribution in [0.25, 0.3) is 22.8 Å². The van der Waals surface area contributed by atoms with Gasteiger partial charge in [0, 0.05) is 61.2 Å². The normalized spacial score (nSPS) is 15.4. The summed E-state index contributed by atoms with van der Waals surface area (Å²) in [6, 6.07) is 8.37. The molecule has 16 heteroatoms. The minimum absolute atomic E-state index is 0. The molecule has 2 amide bonds. The van der Waals surface area contributed by atoms with E-state index in [1.807, 2.05) is 24.3 Å². The van der Waals surface area contributed by atoms with E-state index in [1.165, 1.54) is 73.4 Å². The van der Waals surface area contributed by atoms with E-state index in [9.17, 15) is 9.59 Å². The number of halogens is 1. The summed E-state index contributed by atoms with van der Waals surface area (Å²) < 4.78 is 13.7. The molecule has 0 spiro atoms. The van der Waals surface area contributed by atoms with Crippen LogP contribution in [0, 0.1) is 3.95 Å². The first kappa shape index (κ1) is 40.6. The predicted molar refractivity (Wildman–Crippen MR) is 203 cm³/mol. The summed E-state index contributed by atoms with van der Waals surface area (Å²) in [6.07, 6.45) is 18.9. The van der Waals surface area contributed by atoms with Crippen LogP contribution in [0.15, 0.2) is 53.4 Å². The molecule has 0 bridgehead atoms. The maximum absolute atomic E-state index is 11.9. The Morgan fingerprint density at radius 3 is 1.98 bits per heavy atom. The summed E-state index contributed by atoms with van der Waals surface area (Å²) in [5.41, 5.74) is 1.86. The molecule has 1 aliphatic heterocycles. The number of hydrogen-bond donors (Lipinski definition) is 3. The average Bonchev–Trinajstić information content (AvgIpc) is 3.97. The number of nitrogens with one attached hydrogen (secondary N) is 3. The summed E-state index contributed by atoms with van der Waals surface area (Å²) in [5.74, 6) is 2.01. The maximum Gasteiger partial charge on any atom is 0.235 e. The van der Waals surface area contributed by atoms with Crippen molar-refractivity contribution < 1.29 is 14.3 Å². The summed E-state index contributed by atoms with van der Waals surface area (Å²) in [5, 5.41) is 5.93. The Morgan fingerprint density at radius 2 is 1.49 bits per heavy atom. The molecule has 266 valence electrons. The van der Waals surface area contributed by atoms with Gasteiger partial charge in [0.15, 0.2) is 19.9 Å². The lowest BCUT2D eigenvalue weighted by atomic mass is 10.2. The molecule has 0 unspecified atom stereocenters. The second-order valence-electron chi connectivity index (χ2n) is 11.1. The zero-order chi connectivity index (χ0) is 33.8. The molecular formula is C33H45ClN8O3S4. The Kier molecular flexibility index (Phi) is 19.5. The Labute approximate surface area is 311 Å². The zero-order valence-electron chi connectivity index (χ0n) is 26.6. The molecule has 5 heterocycles. The number of carbonyl (C=O) groups excluding carboxylic acids is 2. The van der Waals surface area contributed by atoms with Crippen molar-refractivity contribution in [2.24, 2.45) is 0 Å². The van der Waals surface area contributed by atoms with E-state index in [2.05, 4.69) is 39.3 Å². The van der Waals surface area contributed by atoms with Crippen LogP contribution in [0.3, 0.4) is 0 Å². The van der Waals surface area contributed by atoms with Crippen LogP contribution < -0.4 is 10.6 Å². The summed E-state index contributed by atoms with van der Waals surface area (Å²) >= 11 is 14.3. The van der Waals surface area contributed by atoms with Crippen molar-refractivity contribution in [2.45, 2.75) is 88.1 Å². The highest BCUT2D eigenvalue weighted by Gasteiger charge is 2.18. The Hall–Kier alpha value is -2.82. The first-order chi connectivity index (χ1) is 23.5. The van der Waals surface area contributed by atoms with Gasteiger partial charge in [0.25, 0.3) is 0 Å². The highest BCUT2D eigenvalue weighted by Crippen LogP contribution is 2.25. The fraction of sp³-hybridized carbons (Fsp3) is 0.515. The SMILES string of the molecule is C.C1CCOC1.O=C(CCl)NC1CCCC1.O=C(CSc1nc(-c2cccnc2)ns1)NC1CCCC1.S=c1nc(-c2cccnc2)[nH]s1. The lowest BCUT2D eigenvalue weighted by Crippen LogP contribution is -2.33. The van der Waals surface area contributed by atoms with Gasteiger partial charge < -0.3 is 15.4 Å². The van der Waals surface area contributed by atoms with Gasteiger partial charge in [0.05, 0.1) is 5.75 Å². The molecule has 3 aliphatic rings. The van der Waals surface area contributed by atoms with Gasteiger partial charge in [-0.1, -0.05) is 44.9 Å². The first-order valence-electron chi connectivity index (χ1n) is 16.1. The topological polar surface area (TPSA) is 148 Å². The fourth-order valence-electron chi connectivity index (χ4n) is 5.05. The third-order valence-electron chi connectivity index (χ3n) is 7.42. The van der Waals surface area contributed by atoms with Crippen LogP contribution in [-0.4, -0.2) is 77.4 Å². The molecule has 3 fully saturated rings. The largest absolute Gasteiger partial charge is 0.381 e. The molecular weight excluding hydrogens is 720 g/mol. The second-order valence-corrected chi connectivity index (χ2v) is 14.8. The number of rotatable bonds is 8. The molecule has 7 rings (SSSR count). The van der Waals surface area contributed by atoms with Crippen LogP contribution in [0.5, 0.6) is 0 Å². The number of amides is 2. The molecule has 49 heavy (non-hydrogen) atoms. The first-order valence-corrected chi connectivity index (χ1v) is 19.6. The third kappa shape index (κ3) is 15.7. The number of aromatic amines is 1. The lowest BCUT2D eigenvalue weighted by Gasteiger charge is -2.10. The van der Waals surface area contributed by atoms with Crippen LogP contribution >= 0.6 is 58.6 Å². The van der Waals surface area contributed by atoms with Crippen LogP contribution in [0.4, 0.5) is 0 Å². The maximum atomic E-state index is 11.9. The Bertz CT molecular complexity index is 1530.